The minimum Gasteiger partial charge on any atom is -0.324 e. The van der Waals surface area contributed by atoms with Crippen molar-refractivity contribution < 1.29 is 13.2 Å². The van der Waals surface area contributed by atoms with E-state index in [1.165, 1.54) is 18.2 Å². The van der Waals surface area contributed by atoms with Gasteiger partial charge in [-0.2, -0.15) is 0 Å². The first-order valence-corrected chi connectivity index (χ1v) is 4.72. The van der Waals surface area contributed by atoms with Gasteiger partial charge in [-0.25, -0.2) is 8.42 Å². The molecule has 0 spiro atoms. The number of ketones is 1. The van der Waals surface area contributed by atoms with Gasteiger partial charge in [0.1, 0.15) is 0 Å². The molecule has 2 N–H and O–H groups in total. The van der Waals surface area contributed by atoms with Crippen molar-refractivity contribution in [2.24, 2.45) is 5.73 Å². The molecule has 0 saturated heterocycles. The molecule has 0 atom stereocenters. The van der Waals surface area contributed by atoms with Gasteiger partial charge in [0, 0.05) is 5.56 Å². The normalized spacial score (nSPS) is 10.3. The monoisotopic (exact) mass is 198 g/mol. The van der Waals surface area contributed by atoms with Gasteiger partial charge in [0.05, 0.1) is 11.4 Å². The van der Waals surface area contributed by atoms with Crippen LogP contribution in [0.25, 0.3) is 0 Å². The first-order valence-electron chi connectivity index (χ1n) is 3.54. The van der Waals surface area contributed by atoms with Crippen molar-refractivity contribution in [2.75, 3.05) is 6.54 Å². The Morgan fingerprint density at radius 1 is 1.46 bits per heavy atom. The van der Waals surface area contributed by atoms with Crippen molar-refractivity contribution in [1.82, 2.24) is 0 Å². The van der Waals surface area contributed by atoms with Crippen molar-refractivity contribution in [3.8, 4) is 0 Å². The fourth-order valence-corrected chi connectivity index (χ4v) is 1.18. The van der Waals surface area contributed by atoms with E-state index in [4.69, 9.17) is 5.73 Å². The quantitative estimate of drug-likeness (QED) is 0.511. The van der Waals surface area contributed by atoms with E-state index in [0.29, 0.717) is 5.56 Å². The van der Waals surface area contributed by atoms with Gasteiger partial charge in [-0.15, -0.1) is 0 Å². The highest BCUT2D eigenvalue weighted by Crippen LogP contribution is 2.04. The zero-order chi connectivity index (χ0) is 9.84. The molecule has 0 heterocycles. The van der Waals surface area contributed by atoms with Crippen LogP contribution in [0.15, 0.2) is 23.1 Å². The minimum absolute atomic E-state index is 0.0979. The van der Waals surface area contributed by atoms with E-state index in [1.54, 1.807) is 0 Å². The summed E-state index contributed by atoms with van der Waals surface area (Å²) in [6.45, 7) is -0.0979. The third kappa shape index (κ3) is 2.37. The second-order valence-electron chi connectivity index (χ2n) is 2.34. The maximum Gasteiger partial charge on any atom is 0.177 e. The second-order valence-corrected chi connectivity index (χ2v) is 3.38. The Morgan fingerprint density at radius 3 is 2.54 bits per heavy atom. The summed E-state index contributed by atoms with van der Waals surface area (Å²) in [6.07, 6.45) is 0. The van der Waals surface area contributed by atoms with Gasteiger partial charge >= 0.3 is 0 Å². The van der Waals surface area contributed by atoms with E-state index in [9.17, 15) is 13.2 Å². The number of nitrogens with two attached hydrogens (primary N) is 1. The van der Waals surface area contributed by atoms with Crippen LogP contribution in [0.3, 0.4) is 0 Å². The molecule has 69 valence electrons. The molecule has 0 saturated carbocycles. The highest BCUT2D eigenvalue weighted by molar-refractivity contribution is 7.72. The van der Waals surface area contributed by atoms with Gasteiger partial charge in [-0.1, -0.05) is 0 Å². The van der Waals surface area contributed by atoms with E-state index in [0.717, 1.165) is 0 Å². The lowest BCUT2D eigenvalue weighted by Crippen LogP contribution is -2.13. The molecule has 0 unspecified atom stereocenters. The van der Waals surface area contributed by atoms with Gasteiger partial charge in [0.25, 0.3) is 0 Å². The van der Waals surface area contributed by atoms with E-state index in [1.807, 2.05) is 0 Å². The molecule has 1 radical (unpaired) electrons. The Bertz CT molecular complexity index is 373. The average Bonchev–Trinajstić information content (AvgIpc) is 2.17. The van der Waals surface area contributed by atoms with Crippen molar-refractivity contribution in [3.05, 3.63) is 29.8 Å². The molecule has 1 aromatic rings. The summed E-state index contributed by atoms with van der Waals surface area (Å²) in [6, 6.07) is 6.56. The molecule has 0 aromatic heterocycles. The first-order chi connectivity index (χ1) is 6.15. The molecular formula is C8H8NO3S. The fraction of sp³-hybridized carbons (Fsp3) is 0.125. The van der Waals surface area contributed by atoms with Crippen LogP contribution in [-0.2, 0) is 10.7 Å². The van der Waals surface area contributed by atoms with Crippen LogP contribution in [-0.4, -0.2) is 20.7 Å². The number of carbonyl (C=O) groups is 1. The zero-order valence-electron chi connectivity index (χ0n) is 6.69. The van der Waals surface area contributed by atoms with E-state index in [-0.39, 0.29) is 17.2 Å². The van der Waals surface area contributed by atoms with Gasteiger partial charge in [-0.3, -0.25) is 4.79 Å². The third-order valence-corrected chi connectivity index (χ3v) is 2.19. The Hall–Kier alpha value is -1.20. The summed E-state index contributed by atoms with van der Waals surface area (Å²) in [5.74, 6) is -0.257. The Balaban J connectivity index is 3.00. The lowest BCUT2D eigenvalue weighted by atomic mass is 10.1. The van der Waals surface area contributed by atoms with Crippen LogP contribution < -0.4 is 5.73 Å². The summed E-state index contributed by atoms with van der Waals surface area (Å²) in [4.78, 5) is 11.1. The molecule has 1 rings (SSSR count). The molecule has 0 fully saturated rings. The van der Waals surface area contributed by atoms with Crippen molar-refractivity contribution in [1.29, 1.82) is 0 Å². The molecule has 0 amide bonds. The fourth-order valence-electron chi connectivity index (χ4n) is 0.814. The summed E-state index contributed by atoms with van der Waals surface area (Å²) >= 11 is 0. The molecule has 0 aliphatic carbocycles. The predicted molar refractivity (Wildman–Crippen MR) is 47.2 cm³/mol. The maximum absolute atomic E-state index is 11.0. The Labute approximate surface area is 77.3 Å². The highest BCUT2D eigenvalue weighted by Gasteiger charge is 2.03. The SMILES string of the molecule is NCC(=O)c1[c]cc([SH](=O)=O)cc1. The highest BCUT2D eigenvalue weighted by atomic mass is 32.2. The first kappa shape index (κ1) is 9.88. The lowest BCUT2D eigenvalue weighted by Gasteiger charge is -1.96. The number of Topliss-reactive ketones (excluding diaryl/α,β-unsaturated/α-hetero) is 1. The summed E-state index contributed by atoms with van der Waals surface area (Å²) in [7, 11) is -2.61. The molecule has 4 nitrogen and oxygen atoms in total. The van der Waals surface area contributed by atoms with Crippen molar-refractivity contribution in [3.63, 3.8) is 0 Å². The van der Waals surface area contributed by atoms with Gasteiger partial charge in [0.2, 0.25) is 0 Å². The van der Waals surface area contributed by atoms with Gasteiger partial charge < -0.3 is 5.73 Å². The summed E-state index contributed by atoms with van der Waals surface area (Å²) in [5, 5.41) is 0. The van der Waals surface area contributed by atoms with Crippen LogP contribution in [0.4, 0.5) is 0 Å². The Kier molecular flexibility index (Phi) is 3.16. The lowest BCUT2D eigenvalue weighted by molar-refractivity contribution is 0.100. The standard InChI is InChI=1S/C8H8NO3S/c9-5-8(10)6-1-3-7(4-2-6)13(11)12/h1,3-4,13H,5,9H2. The zero-order valence-corrected chi connectivity index (χ0v) is 7.58. The number of hydrogen-bond donors (Lipinski definition) is 2. The maximum atomic E-state index is 11.0. The molecule has 5 heteroatoms. The van der Waals surface area contributed by atoms with Gasteiger partial charge in [-0.05, 0) is 24.3 Å². The van der Waals surface area contributed by atoms with Crippen LogP contribution in [0.5, 0.6) is 0 Å². The number of thiol groups is 1. The molecule has 13 heavy (non-hydrogen) atoms. The van der Waals surface area contributed by atoms with E-state index < -0.39 is 10.7 Å². The number of rotatable bonds is 3. The molecule has 0 aliphatic heterocycles. The van der Waals surface area contributed by atoms with Crippen LogP contribution in [0.2, 0.25) is 0 Å². The van der Waals surface area contributed by atoms with Crippen molar-refractivity contribution in [2.45, 2.75) is 4.90 Å². The van der Waals surface area contributed by atoms with E-state index >= 15 is 0 Å². The molecule has 0 aliphatic rings. The molecular weight excluding hydrogens is 190 g/mol. The second kappa shape index (κ2) is 4.15. The number of carbonyl (C=O) groups excluding carboxylic acids is 1. The average molecular weight is 198 g/mol. The number of hydrogen-bond acceptors (Lipinski definition) is 4. The smallest absolute Gasteiger partial charge is 0.177 e. The predicted octanol–water partition coefficient (Wildman–Crippen LogP) is -0.402. The van der Waals surface area contributed by atoms with Crippen LogP contribution in [0, 0.1) is 6.07 Å². The summed E-state index contributed by atoms with van der Waals surface area (Å²) in [5.41, 5.74) is 5.42. The van der Waals surface area contributed by atoms with Gasteiger partial charge in [0.15, 0.2) is 16.5 Å². The van der Waals surface area contributed by atoms with E-state index in [2.05, 4.69) is 6.07 Å². The molecule has 0 bridgehead atoms. The minimum atomic E-state index is -2.61. The molecule has 1 aromatic carbocycles. The topological polar surface area (TPSA) is 77.2 Å². The Morgan fingerprint density at radius 2 is 2.15 bits per heavy atom. The third-order valence-electron chi connectivity index (χ3n) is 1.49. The largest absolute Gasteiger partial charge is 0.324 e. The summed E-state index contributed by atoms with van der Waals surface area (Å²) < 4.78 is 20.9. The number of benzene rings is 1. The van der Waals surface area contributed by atoms with Crippen LogP contribution >= 0.6 is 0 Å². The van der Waals surface area contributed by atoms with Crippen LogP contribution in [0.1, 0.15) is 10.4 Å². The van der Waals surface area contributed by atoms with Crippen molar-refractivity contribution >= 4 is 16.5 Å².